The monoisotopic (exact) mass is 291 g/mol. The van der Waals surface area contributed by atoms with Crippen molar-refractivity contribution in [2.75, 3.05) is 0 Å². The first-order valence-corrected chi connectivity index (χ1v) is 7.12. The molecular formula is C17H25NO3. The van der Waals surface area contributed by atoms with Gasteiger partial charge < -0.3 is 10.1 Å². The second-order valence-corrected chi connectivity index (χ2v) is 6.56. The number of hydrogen-bond acceptors (Lipinski definition) is 3. The Bertz CT molecular complexity index is 533. The van der Waals surface area contributed by atoms with Crippen LogP contribution in [0.3, 0.4) is 0 Å². The lowest BCUT2D eigenvalue weighted by Gasteiger charge is -2.23. The second-order valence-electron chi connectivity index (χ2n) is 6.56. The van der Waals surface area contributed by atoms with Gasteiger partial charge in [-0.05, 0) is 59.6 Å². The zero-order valence-corrected chi connectivity index (χ0v) is 14.0. The van der Waals surface area contributed by atoms with Gasteiger partial charge in [0.2, 0.25) is 0 Å². The summed E-state index contributed by atoms with van der Waals surface area (Å²) in [5.41, 5.74) is 3.01. The number of nitrogens with one attached hydrogen (secondary N) is 1. The summed E-state index contributed by atoms with van der Waals surface area (Å²) in [6.07, 6.45) is -0.822. The van der Waals surface area contributed by atoms with E-state index in [1.807, 2.05) is 53.7 Å². The highest BCUT2D eigenvalue weighted by atomic mass is 16.5. The average molecular weight is 291 g/mol. The first-order chi connectivity index (χ1) is 9.51. The Morgan fingerprint density at radius 2 is 1.57 bits per heavy atom. The van der Waals surface area contributed by atoms with Gasteiger partial charge in [-0.25, -0.2) is 4.79 Å². The van der Waals surface area contributed by atoms with Crippen LogP contribution in [0.25, 0.3) is 0 Å². The third kappa shape index (κ3) is 4.88. The molecule has 1 atom stereocenters. The molecule has 0 aromatic heterocycles. The SMILES string of the molecule is Cc1cc(C)c(C(=O)OC(C)C(=O)NC(C)(C)C)c(C)c1. The fourth-order valence-corrected chi connectivity index (χ4v) is 2.25. The topological polar surface area (TPSA) is 55.4 Å². The van der Waals surface area contributed by atoms with Gasteiger partial charge in [-0.2, -0.15) is 0 Å². The molecule has 0 spiro atoms. The van der Waals surface area contributed by atoms with Crippen molar-refractivity contribution in [1.82, 2.24) is 5.32 Å². The minimum Gasteiger partial charge on any atom is -0.449 e. The first-order valence-electron chi connectivity index (χ1n) is 7.12. The van der Waals surface area contributed by atoms with Gasteiger partial charge in [0.15, 0.2) is 6.10 Å². The molecule has 1 rings (SSSR count). The molecule has 0 radical (unpaired) electrons. The summed E-state index contributed by atoms with van der Waals surface area (Å²) >= 11 is 0. The summed E-state index contributed by atoms with van der Waals surface area (Å²) < 4.78 is 5.29. The number of ether oxygens (including phenoxy) is 1. The molecule has 4 heteroatoms. The molecule has 1 aromatic rings. The molecule has 0 aliphatic heterocycles. The van der Waals surface area contributed by atoms with E-state index in [1.54, 1.807) is 6.92 Å². The Morgan fingerprint density at radius 3 is 2.00 bits per heavy atom. The number of carbonyl (C=O) groups is 2. The lowest BCUT2D eigenvalue weighted by molar-refractivity contribution is -0.130. The molecule has 1 amide bonds. The van der Waals surface area contributed by atoms with E-state index >= 15 is 0 Å². The predicted molar refractivity (Wildman–Crippen MR) is 83.4 cm³/mol. The van der Waals surface area contributed by atoms with Crippen molar-refractivity contribution in [2.45, 2.75) is 60.1 Å². The maximum absolute atomic E-state index is 12.3. The van der Waals surface area contributed by atoms with Gasteiger partial charge in [-0.15, -0.1) is 0 Å². The average Bonchev–Trinajstić information content (AvgIpc) is 2.24. The lowest BCUT2D eigenvalue weighted by atomic mass is 10.00. The summed E-state index contributed by atoms with van der Waals surface area (Å²) in [6, 6.07) is 3.87. The molecule has 116 valence electrons. The van der Waals surface area contributed by atoms with Crippen molar-refractivity contribution >= 4 is 11.9 Å². The molecule has 1 N–H and O–H groups in total. The van der Waals surface area contributed by atoms with Gasteiger partial charge in [0.05, 0.1) is 5.56 Å². The Morgan fingerprint density at radius 1 is 1.10 bits per heavy atom. The third-order valence-electron chi connectivity index (χ3n) is 3.03. The zero-order valence-electron chi connectivity index (χ0n) is 14.0. The second kappa shape index (κ2) is 6.29. The Hall–Kier alpha value is -1.84. The summed E-state index contributed by atoms with van der Waals surface area (Å²) in [6.45, 7) is 13.0. The quantitative estimate of drug-likeness (QED) is 0.871. The highest BCUT2D eigenvalue weighted by Crippen LogP contribution is 2.18. The zero-order chi connectivity index (χ0) is 16.4. The van der Waals surface area contributed by atoms with Gasteiger partial charge in [0.25, 0.3) is 5.91 Å². The van der Waals surface area contributed by atoms with E-state index in [-0.39, 0.29) is 11.4 Å². The number of rotatable bonds is 3. The highest BCUT2D eigenvalue weighted by Gasteiger charge is 2.24. The number of aryl methyl sites for hydroxylation is 3. The molecule has 0 saturated heterocycles. The summed E-state index contributed by atoms with van der Waals surface area (Å²) in [4.78, 5) is 24.2. The van der Waals surface area contributed by atoms with E-state index in [0.29, 0.717) is 5.56 Å². The van der Waals surface area contributed by atoms with E-state index < -0.39 is 12.1 Å². The van der Waals surface area contributed by atoms with Gasteiger partial charge >= 0.3 is 5.97 Å². The lowest BCUT2D eigenvalue weighted by Crippen LogP contribution is -2.46. The Labute approximate surface area is 126 Å². The van der Waals surface area contributed by atoms with E-state index in [1.165, 1.54) is 0 Å². The number of esters is 1. The molecule has 0 saturated carbocycles. The minimum atomic E-state index is -0.822. The van der Waals surface area contributed by atoms with Gasteiger partial charge in [0, 0.05) is 5.54 Å². The number of hydrogen-bond donors (Lipinski definition) is 1. The normalized spacial score (nSPS) is 12.7. The smallest absolute Gasteiger partial charge is 0.339 e. The summed E-state index contributed by atoms with van der Waals surface area (Å²) in [5.74, 6) is -0.750. The summed E-state index contributed by atoms with van der Waals surface area (Å²) in [7, 11) is 0. The Kier molecular flexibility index (Phi) is 5.15. The minimum absolute atomic E-state index is 0.293. The molecule has 4 nitrogen and oxygen atoms in total. The molecule has 0 bridgehead atoms. The molecule has 21 heavy (non-hydrogen) atoms. The van der Waals surface area contributed by atoms with Crippen molar-refractivity contribution in [3.05, 3.63) is 34.4 Å². The van der Waals surface area contributed by atoms with E-state index in [0.717, 1.165) is 16.7 Å². The molecule has 0 heterocycles. The van der Waals surface area contributed by atoms with Gasteiger partial charge in [-0.1, -0.05) is 17.7 Å². The fraction of sp³-hybridized carbons (Fsp3) is 0.529. The van der Waals surface area contributed by atoms with Crippen LogP contribution >= 0.6 is 0 Å². The molecule has 1 aromatic carbocycles. The molecule has 1 unspecified atom stereocenters. The molecule has 0 aliphatic carbocycles. The maximum Gasteiger partial charge on any atom is 0.339 e. The number of carbonyl (C=O) groups excluding carboxylic acids is 2. The van der Waals surface area contributed by atoms with Crippen LogP contribution in [-0.4, -0.2) is 23.5 Å². The Balaban J connectivity index is 2.85. The van der Waals surface area contributed by atoms with Crippen molar-refractivity contribution in [3.63, 3.8) is 0 Å². The molecule has 0 aliphatic rings. The van der Waals surface area contributed by atoms with Crippen molar-refractivity contribution in [1.29, 1.82) is 0 Å². The molecular weight excluding hydrogens is 266 g/mol. The van der Waals surface area contributed by atoms with Gasteiger partial charge in [-0.3, -0.25) is 4.79 Å². The van der Waals surface area contributed by atoms with Crippen molar-refractivity contribution < 1.29 is 14.3 Å². The van der Waals surface area contributed by atoms with Crippen molar-refractivity contribution in [2.24, 2.45) is 0 Å². The standard InChI is InChI=1S/C17H25NO3/c1-10-8-11(2)14(12(3)9-10)16(20)21-13(4)15(19)18-17(5,6)7/h8-9,13H,1-7H3,(H,18,19). The van der Waals surface area contributed by atoms with Crippen LogP contribution in [0.5, 0.6) is 0 Å². The number of benzene rings is 1. The maximum atomic E-state index is 12.3. The highest BCUT2D eigenvalue weighted by molar-refractivity contribution is 5.95. The summed E-state index contributed by atoms with van der Waals surface area (Å²) in [5, 5.41) is 2.80. The van der Waals surface area contributed by atoms with Gasteiger partial charge in [0.1, 0.15) is 0 Å². The van der Waals surface area contributed by atoms with Crippen LogP contribution < -0.4 is 5.32 Å². The van der Waals surface area contributed by atoms with E-state index in [4.69, 9.17) is 4.74 Å². The van der Waals surface area contributed by atoms with Crippen LogP contribution in [0.4, 0.5) is 0 Å². The first kappa shape index (κ1) is 17.2. The predicted octanol–water partition coefficient (Wildman–Crippen LogP) is 3.07. The van der Waals surface area contributed by atoms with E-state index in [2.05, 4.69) is 5.32 Å². The van der Waals surface area contributed by atoms with Crippen LogP contribution in [0, 0.1) is 20.8 Å². The molecule has 0 fully saturated rings. The largest absolute Gasteiger partial charge is 0.449 e. The van der Waals surface area contributed by atoms with Crippen LogP contribution in [0.15, 0.2) is 12.1 Å². The fourth-order valence-electron chi connectivity index (χ4n) is 2.25. The van der Waals surface area contributed by atoms with Crippen LogP contribution in [-0.2, 0) is 9.53 Å². The van der Waals surface area contributed by atoms with Crippen molar-refractivity contribution in [3.8, 4) is 0 Å². The van der Waals surface area contributed by atoms with Crippen LogP contribution in [0.2, 0.25) is 0 Å². The van der Waals surface area contributed by atoms with Crippen LogP contribution in [0.1, 0.15) is 54.7 Å². The van der Waals surface area contributed by atoms with E-state index in [9.17, 15) is 9.59 Å². The third-order valence-corrected chi connectivity index (χ3v) is 3.03. The number of amides is 1.